The van der Waals surface area contributed by atoms with Gasteiger partial charge in [0.2, 0.25) is 5.91 Å². The van der Waals surface area contributed by atoms with Gasteiger partial charge in [-0.25, -0.2) is 0 Å². The molecule has 138 valence electrons. The van der Waals surface area contributed by atoms with Crippen LogP contribution in [0.5, 0.6) is 0 Å². The minimum atomic E-state index is -0.315. The van der Waals surface area contributed by atoms with E-state index in [9.17, 15) is 9.59 Å². The van der Waals surface area contributed by atoms with E-state index in [4.69, 9.17) is 0 Å². The topological polar surface area (TPSA) is 58.2 Å². The number of carbonyl (C=O) groups excluding carboxylic acids is 2. The summed E-state index contributed by atoms with van der Waals surface area (Å²) in [6, 6.07) is 12.4. The highest BCUT2D eigenvalue weighted by atomic mass is 16.2. The molecule has 3 aliphatic rings. The van der Waals surface area contributed by atoms with E-state index in [0.29, 0.717) is 11.6 Å². The van der Waals surface area contributed by atoms with Gasteiger partial charge in [0, 0.05) is 17.3 Å². The summed E-state index contributed by atoms with van der Waals surface area (Å²) >= 11 is 0. The Labute approximate surface area is 159 Å². The van der Waals surface area contributed by atoms with Crippen molar-refractivity contribution in [1.82, 2.24) is 5.32 Å². The zero-order valence-electron chi connectivity index (χ0n) is 15.6. The molecule has 2 N–H and O–H groups in total. The summed E-state index contributed by atoms with van der Waals surface area (Å²) in [4.78, 5) is 25.1. The molecule has 2 fully saturated rings. The van der Waals surface area contributed by atoms with Crippen LogP contribution in [0.4, 0.5) is 5.69 Å². The van der Waals surface area contributed by atoms with Crippen LogP contribution in [0.3, 0.4) is 0 Å². The fourth-order valence-corrected chi connectivity index (χ4v) is 4.68. The first-order valence-corrected chi connectivity index (χ1v) is 9.95. The average molecular weight is 360 g/mol. The van der Waals surface area contributed by atoms with Crippen molar-refractivity contribution in [2.24, 2.45) is 0 Å². The molecule has 0 radical (unpaired) electrons. The molecule has 4 nitrogen and oxygen atoms in total. The molecule has 4 heteroatoms. The number of benzene rings is 2. The molecule has 0 bridgehead atoms. The van der Waals surface area contributed by atoms with E-state index in [1.165, 1.54) is 0 Å². The van der Waals surface area contributed by atoms with Gasteiger partial charge in [-0.3, -0.25) is 9.59 Å². The van der Waals surface area contributed by atoms with Gasteiger partial charge in [-0.1, -0.05) is 31.0 Å². The molecule has 2 saturated carbocycles. The number of carbonyl (C=O) groups is 2. The molecule has 0 unspecified atom stereocenters. The van der Waals surface area contributed by atoms with Gasteiger partial charge in [-0.15, -0.1) is 0 Å². The van der Waals surface area contributed by atoms with Crippen molar-refractivity contribution in [1.29, 1.82) is 0 Å². The van der Waals surface area contributed by atoms with Crippen molar-refractivity contribution in [3.05, 3.63) is 53.1 Å². The summed E-state index contributed by atoms with van der Waals surface area (Å²) in [6.45, 7) is 2.10. The molecule has 2 aliphatic carbocycles. The highest BCUT2D eigenvalue weighted by Crippen LogP contribution is 2.50. The van der Waals surface area contributed by atoms with Crippen molar-refractivity contribution in [3.8, 4) is 11.1 Å². The Hall–Kier alpha value is -2.62. The summed E-state index contributed by atoms with van der Waals surface area (Å²) in [6.07, 6.45) is 6.29. The monoisotopic (exact) mass is 360 g/mol. The standard InChI is InChI=1S/C23H24N2O2/c1-14-11-19-20(25-22(27)23(19)9-2-3-10-23)13-18(14)15-5-4-6-16(12-15)21(26)24-17-7-8-17/h4-6,11-13,17H,2-3,7-10H2,1H3,(H,24,26)(H,25,27). The molecule has 0 aromatic heterocycles. The average Bonchev–Trinajstić information content (AvgIpc) is 3.26. The fourth-order valence-electron chi connectivity index (χ4n) is 4.68. The molecule has 1 heterocycles. The van der Waals surface area contributed by atoms with E-state index in [-0.39, 0.29) is 17.2 Å². The van der Waals surface area contributed by atoms with E-state index in [1.54, 1.807) is 0 Å². The minimum absolute atomic E-state index is 0.00336. The van der Waals surface area contributed by atoms with E-state index in [0.717, 1.165) is 66.5 Å². The molecule has 1 aliphatic heterocycles. The lowest BCUT2D eigenvalue weighted by atomic mass is 9.79. The van der Waals surface area contributed by atoms with Gasteiger partial charge in [-0.05, 0) is 73.1 Å². The largest absolute Gasteiger partial charge is 0.349 e. The lowest BCUT2D eigenvalue weighted by Crippen LogP contribution is -2.30. The quantitative estimate of drug-likeness (QED) is 0.856. The summed E-state index contributed by atoms with van der Waals surface area (Å²) in [5, 5.41) is 6.17. The third kappa shape index (κ3) is 2.66. The van der Waals surface area contributed by atoms with Gasteiger partial charge >= 0.3 is 0 Å². The second-order valence-corrected chi connectivity index (χ2v) is 8.28. The summed E-state index contributed by atoms with van der Waals surface area (Å²) in [7, 11) is 0. The number of nitrogens with one attached hydrogen (secondary N) is 2. The number of aryl methyl sites for hydroxylation is 1. The molecule has 5 rings (SSSR count). The second kappa shape index (κ2) is 5.95. The van der Waals surface area contributed by atoms with Crippen LogP contribution in [0, 0.1) is 6.92 Å². The Morgan fingerprint density at radius 1 is 1.15 bits per heavy atom. The Morgan fingerprint density at radius 2 is 1.93 bits per heavy atom. The van der Waals surface area contributed by atoms with Crippen molar-refractivity contribution in [2.45, 2.75) is 56.9 Å². The fraction of sp³-hybridized carbons (Fsp3) is 0.391. The van der Waals surface area contributed by atoms with Crippen LogP contribution in [0.25, 0.3) is 11.1 Å². The molecule has 0 atom stereocenters. The summed E-state index contributed by atoms with van der Waals surface area (Å²) < 4.78 is 0. The maximum Gasteiger partial charge on any atom is 0.251 e. The lowest BCUT2D eigenvalue weighted by Gasteiger charge is -2.21. The van der Waals surface area contributed by atoms with Crippen LogP contribution in [-0.4, -0.2) is 17.9 Å². The van der Waals surface area contributed by atoms with Gasteiger partial charge in [0.25, 0.3) is 5.91 Å². The molecule has 2 aromatic carbocycles. The Morgan fingerprint density at radius 3 is 2.67 bits per heavy atom. The van der Waals surface area contributed by atoms with E-state index >= 15 is 0 Å². The predicted molar refractivity (Wildman–Crippen MR) is 106 cm³/mol. The number of amides is 2. The predicted octanol–water partition coefficient (Wildman–Crippen LogP) is 4.32. The Kier molecular flexibility index (Phi) is 3.64. The van der Waals surface area contributed by atoms with Crippen molar-refractivity contribution in [3.63, 3.8) is 0 Å². The third-order valence-electron chi connectivity index (χ3n) is 6.37. The molecule has 27 heavy (non-hydrogen) atoms. The first-order chi connectivity index (χ1) is 13.1. The van der Waals surface area contributed by atoms with Gasteiger partial charge in [0.1, 0.15) is 0 Å². The molecule has 2 aromatic rings. The van der Waals surface area contributed by atoms with Crippen molar-refractivity contribution < 1.29 is 9.59 Å². The number of hydrogen-bond acceptors (Lipinski definition) is 2. The van der Waals surface area contributed by atoms with Crippen LogP contribution in [-0.2, 0) is 10.2 Å². The van der Waals surface area contributed by atoms with Crippen LogP contribution in [0.2, 0.25) is 0 Å². The van der Waals surface area contributed by atoms with E-state index in [2.05, 4.69) is 29.7 Å². The number of fused-ring (bicyclic) bond motifs is 2. The normalized spacial score (nSPS) is 19.8. The third-order valence-corrected chi connectivity index (χ3v) is 6.37. The van der Waals surface area contributed by atoms with Crippen LogP contribution >= 0.6 is 0 Å². The highest BCUT2D eigenvalue weighted by molar-refractivity contribution is 6.07. The molecular formula is C23H24N2O2. The zero-order valence-corrected chi connectivity index (χ0v) is 15.6. The van der Waals surface area contributed by atoms with Gasteiger partial charge < -0.3 is 10.6 Å². The van der Waals surface area contributed by atoms with Gasteiger partial charge in [0.05, 0.1) is 5.41 Å². The van der Waals surface area contributed by atoms with Crippen LogP contribution < -0.4 is 10.6 Å². The SMILES string of the molecule is Cc1cc2c(cc1-c1cccc(C(=O)NC3CC3)c1)NC(=O)C21CCCC1. The number of anilines is 1. The Bertz CT molecular complexity index is 953. The zero-order chi connectivity index (χ0) is 18.6. The lowest BCUT2D eigenvalue weighted by molar-refractivity contribution is -0.120. The first-order valence-electron chi connectivity index (χ1n) is 9.95. The van der Waals surface area contributed by atoms with Crippen LogP contribution in [0.1, 0.15) is 60.0 Å². The van der Waals surface area contributed by atoms with Crippen molar-refractivity contribution in [2.75, 3.05) is 5.32 Å². The summed E-state index contributed by atoms with van der Waals surface area (Å²) in [5.41, 5.74) is 5.71. The van der Waals surface area contributed by atoms with E-state index in [1.807, 2.05) is 24.3 Å². The molecule has 2 amide bonds. The smallest absolute Gasteiger partial charge is 0.251 e. The first kappa shape index (κ1) is 16.5. The second-order valence-electron chi connectivity index (χ2n) is 8.28. The number of hydrogen-bond donors (Lipinski definition) is 2. The molecule has 1 spiro atoms. The minimum Gasteiger partial charge on any atom is -0.349 e. The van der Waals surface area contributed by atoms with Crippen LogP contribution in [0.15, 0.2) is 36.4 Å². The highest BCUT2D eigenvalue weighted by Gasteiger charge is 2.48. The van der Waals surface area contributed by atoms with Gasteiger partial charge in [0.15, 0.2) is 0 Å². The van der Waals surface area contributed by atoms with E-state index < -0.39 is 0 Å². The summed E-state index contributed by atoms with van der Waals surface area (Å²) in [5.74, 6) is 0.153. The Balaban J connectivity index is 1.53. The maximum atomic E-state index is 12.7. The molecule has 0 saturated heterocycles. The molecular weight excluding hydrogens is 336 g/mol. The number of rotatable bonds is 3. The van der Waals surface area contributed by atoms with Gasteiger partial charge in [-0.2, -0.15) is 0 Å². The maximum absolute atomic E-state index is 12.7. The van der Waals surface area contributed by atoms with Crippen molar-refractivity contribution >= 4 is 17.5 Å².